The van der Waals surface area contributed by atoms with E-state index in [2.05, 4.69) is 49.4 Å². The average Bonchev–Trinajstić information content (AvgIpc) is 2.64. The number of thioether (sulfide) groups is 1. The molecule has 2 N–H and O–H groups in total. The number of alkyl carbamates (subject to hydrolysis) is 1. The van der Waals surface area contributed by atoms with E-state index in [9.17, 15) is 9.59 Å². The van der Waals surface area contributed by atoms with Gasteiger partial charge >= 0.3 is 6.09 Å². The summed E-state index contributed by atoms with van der Waals surface area (Å²) in [5.74, 6) is 0.613. The number of rotatable bonds is 5. The Bertz CT molecular complexity index is 890. The number of nitrogens with one attached hydrogen (secondary N) is 2. The lowest BCUT2D eigenvalue weighted by Crippen LogP contribution is -2.36. The maximum Gasteiger partial charge on any atom is 0.413 e. The van der Waals surface area contributed by atoms with Crippen LogP contribution in [0.2, 0.25) is 0 Å². The van der Waals surface area contributed by atoms with E-state index in [1.165, 1.54) is 11.8 Å². The van der Waals surface area contributed by atoms with Crippen molar-refractivity contribution in [2.75, 3.05) is 5.75 Å². The Morgan fingerprint density at radius 3 is 2.52 bits per heavy atom. The second-order valence-electron chi connectivity index (χ2n) is 7.86. The third kappa shape index (κ3) is 9.62. The monoisotopic (exact) mass is 571 g/mol. The zero-order valence-electron chi connectivity index (χ0n) is 18.0. The number of allylic oxidation sites excluding steroid dienone is 1. The summed E-state index contributed by atoms with van der Waals surface area (Å²) in [5, 5.41) is 6.17. The lowest BCUT2D eigenvalue weighted by atomic mass is 10.1. The average molecular weight is 573 g/mol. The van der Waals surface area contributed by atoms with Gasteiger partial charge in [0, 0.05) is 27.9 Å². The summed E-state index contributed by atoms with van der Waals surface area (Å²) in [4.78, 5) is 29.5. The number of benzene rings is 1. The Balaban J connectivity index is 2.15. The molecule has 0 radical (unpaired) electrons. The molecule has 9 heteroatoms. The second-order valence-corrected chi connectivity index (χ2v) is 10.9. The molecule has 1 aromatic rings. The lowest BCUT2D eigenvalue weighted by Gasteiger charge is -2.21. The van der Waals surface area contributed by atoms with E-state index in [4.69, 9.17) is 9.73 Å². The zero-order valence-corrected chi connectivity index (χ0v) is 22.0. The SMILES string of the molecule is CCCSC(=NC1C=C(NC(=O)c2ccc(Br)cc2)C=C(Br)C1)NC(=O)OC(C)(C)C. The van der Waals surface area contributed by atoms with Gasteiger partial charge in [0.1, 0.15) is 5.60 Å². The van der Waals surface area contributed by atoms with E-state index in [-0.39, 0.29) is 11.9 Å². The molecule has 0 bridgehead atoms. The van der Waals surface area contributed by atoms with E-state index in [0.717, 1.165) is 21.1 Å². The van der Waals surface area contributed by atoms with Gasteiger partial charge in [0.25, 0.3) is 5.91 Å². The van der Waals surface area contributed by atoms with Crippen molar-refractivity contribution < 1.29 is 14.3 Å². The predicted octanol–water partition coefficient (Wildman–Crippen LogP) is 6.14. The van der Waals surface area contributed by atoms with Crippen molar-refractivity contribution in [1.29, 1.82) is 0 Å². The van der Waals surface area contributed by atoms with E-state index < -0.39 is 11.7 Å². The maximum absolute atomic E-state index is 12.6. The third-order valence-electron chi connectivity index (χ3n) is 3.79. The highest BCUT2D eigenvalue weighted by molar-refractivity contribution is 9.11. The molecule has 1 atom stereocenters. The number of hydrogen-bond acceptors (Lipinski definition) is 5. The van der Waals surface area contributed by atoms with Crippen LogP contribution in [0.5, 0.6) is 0 Å². The molecule has 0 fully saturated rings. The minimum Gasteiger partial charge on any atom is -0.444 e. The van der Waals surface area contributed by atoms with Crippen LogP contribution in [0.1, 0.15) is 50.9 Å². The van der Waals surface area contributed by atoms with Gasteiger partial charge < -0.3 is 10.1 Å². The van der Waals surface area contributed by atoms with Crippen molar-refractivity contribution in [3.63, 3.8) is 0 Å². The van der Waals surface area contributed by atoms with E-state index in [1.807, 2.05) is 45.1 Å². The fraction of sp³-hybridized carbons (Fsp3) is 0.409. The molecule has 2 amide bonds. The standard InChI is InChI=1S/C22H27Br2N3O3S/c1-5-10-31-20(27-21(29)30-22(2,3)4)26-18-12-16(24)11-17(13-18)25-19(28)14-6-8-15(23)9-7-14/h6-9,11,13,18H,5,10,12H2,1-4H3,(H,25,28)(H,26,27,29). The summed E-state index contributed by atoms with van der Waals surface area (Å²) in [7, 11) is 0. The van der Waals surface area contributed by atoms with Gasteiger partial charge in [-0.1, -0.05) is 50.5 Å². The van der Waals surface area contributed by atoms with Crippen molar-refractivity contribution in [2.24, 2.45) is 4.99 Å². The molecule has 0 heterocycles. The number of hydrogen-bond donors (Lipinski definition) is 2. The summed E-state index contributed by atoms with van der Waals surface area (Å²) < 4.78 is 7.17. The number of amides is 2. The van der Waals surface area contributed by atoms with Gasteiger partial charge in [-0.2, -0.15) is 0 Å². The summed E-state index contributed by atoms with van der Waals surface area (Å²) in [6.07, 6.45) is 4.78. The molecular weight excluding hydrogens is 546 g/mol. The Kier molecular flexibility index (Phi) is 9.84. The molecule has 1 unspecified atom stereocenters. The fourth-order valence-corrected chi connectivity index (χ4v) is 4.16. The van der Waals surface area contributed by atoms with Crippen LogP contribution < -0.4 is 10.6 Å². The lowest BCUT2D eigenvalue weighted by molar-refractivity contribution is 0.0564. The summed E-state index contributed by atoms with van der Waals surface area (Å²) in [6, 6.07) is 6.91. The van der Waals surface area contributed by atoms with Gasteiger partial charge in [-0.25, -0.2) is 4.79 Å². The van der Waals surface area contributed by atoms with Crippen molar-refractivity contribution >= 4 is 60.8 Å². The van der Waals surface area contributed by atoms with Crippen LogP contribution in [0.3, 0.4) is 0 Å². The van der Waals surface area contributed by atoms with Gasteiger partial charge in [0.05, 0.1) is 6.04 Å². The van der Waals surface area contributed by atoms with Crippen LogP contribution in [0.4, 0.5) is 4.79 Å². The van der Waals surface area contributed by atoms with Crippen LogP contribution in [0.25, 0.3) is 0 Å². The molecule has 1 aliphatic rings. The minimum absolute atomic E-state index is 0.201. The molecule has 0 spiro atoms. The second kappa shape index (κ2) is 11.9. The third-order valence-corrected chi connectivity index (χ3v) is 5.96. The zero-order chi connectivity index (χ0) is 23.0. The van der Waals surface area contributed by atoms with Gasteiger partial charge in [0.2, 0.25) is 0 Å². The molecule has 2 rings (SSSR count). The Hall–Kier alpha value is -1.58. The largest absolute Gasteiger partial charge is 0.444 e. The van der Waals surface area contributed by atoms with Crippen molar-refractivity contribution in [1.82, 2.24) is 10.6 Å². The van der Waals surface area contributed by atoms with Gasteiger partial charge in [0.15, 0.2) is 5.17 Å². The molecular formula is C22H27Br2N3O3S. The molecule has 6 nitrogen and oxygen atoms in total. The summed E-state index contributed by atoms with van der Waals surface area (Å²) in [5.41, 5.74) is 0.618. The van der Waals surface area contributed by atoms with Crippen LogP contribution in [0, 0.1) is 0 Å². The van der Waals surface area contributed by atoms with Crippen LogP contribution in [-0.2, 0) is 4.74 Å². The summed E-state index contributed by atoms with van der Waals surface area (Å²) >= 11 is 8.37. The highest BCUT2D eigenvalue weighted by atomic mass is 79.9. The van der Waals surface area contributed by atoms with E-state index >= 15 is 0 Å². The molecule has 0 aliphatic heterocycles. The maximum atomic E-state index is 12.6. The quantitative estimate of drug-likeness (QED) is 0.328. The number of aliphatic imine (C=N–C) groups is 1. The first-order chi connectivity index (χ1) is 14.6. The first-order valence-electron chi connectivity index (χ1n) is 9.91. The number of carbonyl (C=O) groups excluding carboxylic acids is 2. The Labute approximate surface area is 204 Å². The van der Waals surface area contributed by atoms with Gasteiger partial charge in [-0.15, -0.1) is 0 Å². The molecule has 0 saturated heterocycles. The minimum atomic E-state index is -0.592. The molecule has 168 valence electrons. The van der Waals surface area contributed by atoms with Crippen LogP contribution >= 0.6 is 43.6 Å². The Morgan fingerprint density at radius 2 is 1.90 bits per heavy atom. The topological polar surface area (TPSA) is 79.8 Å². The van der Waals surface area contributed by atoms with Crippen LogP contribution in [-0.4, -0.2) is 34.6 Å². The van der Waals surface area contributed by atoms with E-state index in [1.54, 1.807) is 12.1 Å². The number of ether oxygens (including phenoxy) is 1. The van der Waals surface area contributed by atoms with Gasteiger partial charge in [-0.3, -0.25) is 15.1 Å². The number of carbonyl (C=O) groups is 2. The first kappa shape index (κ1) is 25.7. The normalized spacial score (nSPS) is 16.8. The highest BCUT2D eigenvalue weighted by Gasteiger charge is 2.20. The highest BCUT2D eigenvalue weighted by Crippen LogP contribution is 2.25. The number of halogens is 2. The molecule has 1 aliphatic carbocycles. The van der Waals surface area contributed by atoms with Crippen LogP contribution in [0.15, 0.2) is 56.1 Å². The number of amidine groups is 1. The molecule has 0 aromatic heterocycles. The predicted molar refractivity (Wildman–Crippen MR) is 135 cm³/mol. The first-order valence-corrected chi connectivity index (χ1v) is 12.5. The smallest absolute Gasteiger partial charge is 0.413 e. The van der Waals surface area contributed by atoms with Crippen molar-refractivity contribution in [3.05, 3.63) is 56.6 Å². The van der Waals surface area contributed by atoms with Crippen molar-refractivity contribution in [3.8, 4) is 0 Å². The molecule has 31 heavy (non-hydrogen) atoms. The molecule has 1 aromatic carbocycles. The summed E-state index contributed by atoms with van der Waals surface area (Å²) in [6.45, 7) is 7.51. The van der Waals surface area contributed by atoms with Gasteiger partial charge in [-0.05, 0) is 68.1 Å². The molecule has 0 saturated carbocycles. The Morgan fingerprint density at radius 1 is 1.23 bits per heavy atom. The van der Waals surface area contributed by atoms with Crippen molar-refractivity contribution in [2.45, 2.75) is 52.2 Å². The van der Waals surface area contributed by atoms with E-state index in [0.29, 0.717) is 22.8 Å². The fourth-order valence-electron chi connectivity index (χ4n) is 2.55. The number of nitrogens with zero attached hydrogens (tertiary/aromatic N) is 1.